The molecule has 2 N–H and O–H groups in total. The van der Waals surface area contributed by atoms with E-state index in [1.807, 2.05) is 13.8 Å². The molecule has 0 radical (unpaired) electrons. The van der Waals surface area contributed by atoms with Crippen molar-refractivity contribution in [3.63, 3.8) is 0 Å². The van der Waals surface area contributed by atoms with Crippen molar-refractivity contribution in [1.82, 2.24) is 0 Å². The molecule has 2 rings (SSSR count). The fraction of sp³-hybridized carbons (Fsp3) is 0.438. The first-order chi connectivity index (χ1) is 9.44. The van der Waals surface area contributed by atoms with Gasteiger partial charge in [0.15, 0.2) is 0 Å². The average molecular weight is 275 g/mol. The van der Waals surface area contributed by atoms with Crippen LogP contribution in [0.1, 0.15) is 32.3 Å². The van der Waals surface area contributed by atoms with Gasteiger partial charge in [-0.2, -0.15) is 0 Å². The molecule has 1 unspecified atom stereocenters. The fourth-order valence-electron chi connectivity index (χ4n) is 2.05. The summed E-state index contributed by atoms with van der Waals surface area (Å²) in [5, 5.41) is 11.3. The molecule has 1 amide bonds. The predicted octanol–water partition coefficient (Wildman–Crippen LogP) is 2.54. The molecule has 1 aliphatic carbocycles. The Morgan fingerprint density at radius 2 is 2.25 bits per heavy atom. The third-order valence-corrected chi connectivity index (χ3v) is 3.53. The molecule has 20 heavy (non-hydrogen) atoms. The molecule has 1 fully saturated rings. The van der Waals surface area contributed by atoms with Crippen LogP contribution in [0.25, 0.3) is 0 Å². The zero-order valence-electron chi connectivity index (χ0n) is 11.7. The van der Waals surface area contributed by atoms with Crippen molar-refractivity contribution in [2.45, 2.75) is 26.7 Å². The van der Waals surface area contributed by atoms with Crippen LogP contribution in [0, 0.1) is 29.0 Å². The molecule has 0 heterocycles. The summed E-state index contributed by atoms with van der Waals surface area (Å²) in [6, 6.07) is 4.45. The molecule has 0 saturated heterocycles. The standard InChI is InChI=1S/C16H18FNO2/c1-16(2)10-13(16)15(20)18-12-7-6-11(14(17)9-12)5-3-4-8-19/h6-7,9,13,19H,4,8,10H2,1-2H3,(H,18,20). The van der Waals surface area contributed by atoms with Gasteiger partial charge < -0.3 is 10.4 Å². The molecule has 1 atom stereocenters. The summed E-state index contributed by atoms with van der Waals surface area (Å²) in [7, 11) is 0. The molecule has 1 aromatic rings. The van der Waals surface area contributed by atoms with Crippen molar-refractivity contribution in [2.75, 3.05) is 11.9 Å². The Kier molecular flexibility index (Phi) is 4.10. The fourth-order valence-corrected chi connectivity index (χ4v) is 2.05. The second-order valence-corrected chi connectivity index (χ2v) is 5.70. The molecule has 1 aliphatic rings. The minimum Gasteiger partial charge on any atom is -0.395 e. The summed E-state index contributed by atoms with van der Waals surface area (Å²) in [6.45, 7) is 4.04. The largest absolute Gasteiger partial charge is 0.395 e. The normalized spacial score (nSPS) is 18.9. The Morgan fingerprint density at radius 3 is 2.80 bits per heavy atom. The van der Waals surface area contributed by atoms with Gasteiger partial charge in [0.05, 0.1) is 12.2 Å². The lowest BCUT2D eigenvalue weighted by molar-refractivity contribution is -0.118. The highest BCUT2D eigenvalue weighted by Crippen LogP contribution is 2.51. The highest BCUT2D eigenvalue weighted by Gasteiger charge is 2.50. The first-order valence-electron chi connectivity index (χ1n) is 6.64. The van der Waals surface area contributed by atoms with Crippen molar-refractivity contribution < 1.29 is 14.3 Å². The van der Waals surface area contributed by atoms with Gasteiger partial charge in [-0.25, -0.2) is 4.39 Å². The Hall–Kier alpha value is -1.86. The van der Waals surface area contributed by atoms with Gasteiger partial charge in [0.2, 0.25) is 5.91 Å². The van der Waals surface area contributed by atoms with Gasteiger partial charge in [0.25, 0.3) is 0 Å². The van der Waals surface area contributed by atoms with Gasteiger partial charge in [0, 0.05) is 18.0 Å². The number of carbonyl (C=O) groups is 1. The maximum Gasteiger partial charge on any atom is 0.228 e. The van der Waals surface area contributed by atoms with Crippen LogP contribution >= 0.6 is 0 Å². The van der Waals surface area contributed by atoms with Crippen LogP contribution in [0.3, 0.4) is 0 Å². The van der Waals surface area contributed by atoms with Gasteiger partial charge in [-0.05, 0) is 30.0 Å². The number of amides is 1. The third-order valence-electron chi connectivity index (χ3n) is 3.53. The van der Waals surface area contributed by atoms with Gasteiger partial charge >= 0.3 is 0 Å². The van der Waals surface area contributed by atoms with E-state index in [0.717, 1.165) is 6.42 Å². The molecule has 0 aliphatic heterocycles. The number of rotatable bonds is 3. The van der Waals surface area contributed by atoms with Crippen LogP contribution < -0.4 is 5.32 Å². The van der Waals surface area contributed by atoms with E-state index in [2.05, 4.69) is 17.2 Å². The second-order valence-electron chi connectivity index (χ2n) is 5.70. The minimum absolute atomic E-state index is 0.00887. The van der Waals surface area contributed by atoms with E-state index in [-0.39, 0.29) is 29.4 Å². The van der Waals surface area contributed by atoms with E-state index in [0.29, 0.717) is 12.1 Å². The summed E-state index contributed by atoms with van der Waals surface area (Å²) in [4.78, 5) is 11.9. The summed E-state index contributed by atoms with van der Waals surface area (Å²) in [5.74, 6) is 4.79. The first-order valence-corrected chi connectivity index (χ1v) is 6.64. The Labute approximate surface area is 118 Å². The number of halogens is 1. The summed E-state index contributed by atoms with van der Waals surface area (Å²) in [6.07, 6.45) is 1.18. The van der Waals surface area contributed by atoms with E-state index in [4.69, 9.17) is 5.11 Å². The lowest BCUT2D eigenvalue weighted by Crippen LogP contribution is -2.16. The topological polar surface area (TPSA) is 49.3 Å². The number of aliphatic hydroxyl groups excluding tert-OH is 1. The molecular formula is C16H18FNO2. The number of benzene rings is 1. The van der Waals surface area contributed by atoms with Crippen molar-refractivity contribution >= 4 is 11.6 Å². The zero-order valence-corrected chi connectivity index (χ0v) is 11.7. The summed E-state index contributed by atoms with van der Waals surface area (Å²) < 4.78 is 13.8. The van der Waals surface area contributed by atoms with E-state index in [1.54, 1.807) is 6.07 Å². The van der Waals surface area contributed by atoms with E-state index in [1.165, 1.54) is 12.1 Å². The van der Waals surface area contributed by atoms with Crippen molar-refractivity contribution in [1.29, 1.82) is 0 Å². The number of carbonyl (C=O) groups excluding carboxylic acids is 1. The molecule has 4 heteroatoms. The Bertz CT molecular complexity index is 584. The molecule has 1 saturated carbocycles. The van der Waals surface area contributed by atoms with Gasteiger partial charge in [-0.3, -0.25) is 4.79 Å². The third kappa shape index (κ3) is 3.37. The highest BCUT2D eigenvalue weighted by molar-refractivity contribution is 5.95. The second kappa shape index (κ2) is 5.64. The SMILES string of the molecule is CC1(C)CC1C(=O)Nc1ccc(C#CCCO)c(F)c1. The van der Waals surface area contributed by atoms with E-state index >= 15 is 0 Å². The number of aliphatic hydroxyl groups is 1. The average Bonchev–Trinajstić information content (AvgIpc) is 3.02. The molecule has 0 spiro atoms. The lowest BCUT2D eigenvalue weighted by Gasteiger charge is -2.07. The molecule has 0 aromatic heterocycles. The molecule has 1 aromatic carbocycles. The Morgan fingerprint density at radius 1 is 1.55 bits per heavy atom. The quantitative estimate of drug-likeness (QED) is 0.833. The van der Waals surface area contributed by atoms with Gasteiger partial charge in [-0.1, -0.05) is 25.7 Å². The minimum atomic E-state index is -0.469. The highest BCUT2D eigenvalue weighted by atomic mass is 19.1. The van der Waals surface area contributed by atoms with Gasteiger partial charge in [-0.15, -0.1) is 0 Å². The maximum atomic E-state index is 13.8. The molecule has 106 valence electrons. The number of hydrogen-bond acceptors (Lipinski definition) is 2. The number of anilines is 1. The summed E-state index contributed by atoms with van der Waals surface area (Å²) in [5.41, 5.74) is 0.768. The number of nitrogens with one attached hydrogen (secondary N) is 1. The molecular weight excluding hydrogens is 257 g/mol. The van der Waals surface area contributed by atoms with Crippen LogP contribution in [0.15, 0.2) is 18.2 Å². The van der Waals surface area contributed by atoms with Crippen LogP contribution in [0.5, 0.6) is 0 Å². The predicted molar refractivity (Wildman–Crippen MR) is 75.5 cm³/mol. The van der Waals surface area contributed by atoms with Crippen LogP contribution in [0.4, 0.5) is 10.1 Å². The van der Waals surface area contributed by atoms with Crippen molar-refractivity contribution in [3.05, 3.63) is 29.6 Å². The number of hydrogen-bond donors (Lipinski definition) is 2. The molecule has 0 bridgehead atoms. The van der Waals surface area contributed by atoms with Crippen molar-refractivity contribution in [2.24, 2.45) is 11.3 Å². The summed E-state index contributed by atoms with van der Waals surface area (Å²) >= 11 is 0. The van der Waals surface area contributed by atoms with E-state index in [9.17, 15) is 9.18 Å². The van der Waals surface area contributed by atoms with Crippen LogP contribution in [-0.2, 0) is 4.79 Å². The Balaban J connectivity index is 2.03. The molecule has 3 nitrogen and oxygen atoms in total. The van der Waals surface area contributed by atoms with E-state index < -0.39 is 5.82 Å². The maximum absolute atomic E-state index is 13.8. The lowest BCUT2D eigenvalue weighted by atomic mass is 10.1. The monoisotopic (exact) mass is 275 g/mol. The van der Waals surface area contributed by atoms with Gasteiger partial charge in [0.1, 0.15) is 5.82 Å². The smallest absolute Gasteiger partial charge is 0.228 e. The zero-order chi connectivity index (χ0) is 14.8. The van der Waals surface area contributed by atoms with Crippen LogP contribution in [-0.4, -0.2) is 17.6 Å². The van der Waals surface area contributed by atoms with Crippen LogP contribution in [0.2, 0.25) is 0 Å². The first kappa shape index (κ1) is 14.5. The van der Waals surface area contributed by atoms with Crippen molar-refractivity contribution in [3.8, 4) is 11.8 Å².